The Morgan fingerprint density at radius 3 is 2.76 bits per heavy atom. The Morgan fingerprint density at radius 2 is 2.14 bits per heavy atom. The van der Waals surface area contributed by atoms with Crippen LogP contribution in [-0.4, -0.2) is 29.2 Å². The molecule has 0 radical (unpaired) electrons. The Kier molecular flexibility index (Phi) is 4.43. The minimum Gasteiger partial charge on any atom is -0.361 e. The van der Waals surface area contributed by atoms with E-state index in [-0.39, 0.29) is 5.69 Å². The minimum absolute atomic E-state index is 0.0167. The molecular weight excluding hydrogens is 286 g/mol. The van der Waals surface area contributed by atoms with Crippen LogP contribution in [0.5, 0.6) is 0 Å². The number of rotatable bonds is 6. The molecule has 2 aromatic heterocycles. The van der Waals surface area contributed by atoms with Crippen molar-refractivity contribution in [3.05, 3.63) is 34.1 Å². The second-order valence-corrected chi connectivity index (χ2v) is 12.1. The molecule has 7 heteroatoms. The van der Waals surface area contributed by atoms with E-state index in [1.165, 1.54) is 6.20 Å². The highest BCUT2D eigenvalue weighted by Gasteiger charge is 2.14. The second-order valence-electron chi connectivity index (χ2n) is 6.45. The summed E-state index contributed by atoms with van der Waals surface area (Å²) < 4.78 is 7.62. The van der Waals surface area contributed by atoms with Crippen LogP contribution in [0.15, 0.2) is 18.5 Å². The van der Waals surface area contributed by atoms with E-state index in [9.17, 15) is 10.1 Å². The Morgan fingerprint density at radius 1 is 1.43 bits per heavy atom. The molecular formula is C14H21N3O3Si. The molecule has 0 aliphatic rings. The van der Waals surface area contributed by atoms with E-state index >= 15 is 0 Å². The number of nitrogens with zero attached hydrogens (tertiary/aromatic N) is 3. The number of ether oxygens (including phenoxy) is 1. The summed E-state index contributed by atoms with van der Waals surface area (Å²) in [5.74, 6) is 0. The van der Waals surface area contributed by atoms with E-state index in [1.807, 2.05) is 17.7 Å². The van der Waals surface area contributed by atoms with Gasteiger partial charge in [-0.15, -0.1) is 0 Å². The van der Waals surface area contributed by atoms with Crippen molar-refractivity contribution in [2.75, 3.05) is 6.61 Å². The smallest absolute Gasteiger partial charge is 0.288 e. The summed E-state index contributed by atoms with van der Waals surface area (Å²) in [6.45, 7) is 10.0. The summed E-state index contributed by atoms with van der Waals surface area (Å²) in [7, 11) is -1.09. The number of hydrogen-bond acceptors (Lipinski definition) is 4. The number of aromatic nitrogens is 2. The maximum Gasteiger partial charge on any atom is 0.288 e. The van der Waals surface area contributed by atoms with Gasteiger partial charge in [0.1, 0.15) is 18.6 Å². The van der Waals surface area contributed by atoms with Gasteiger partial charge >= 0.3 is 0 Å². The van der Waals surface area contributed by atoms with E-state index in [0.29, 0.717) is 6.73 Å². The molecule has 6 nitrogen and oxygen atoms in total. The van der Waals surface area contributed by atoms with Crippen LogP contribution >= 0.6 is 0 Å². The number of nitro groups is 1. The van der Waals surface area contributed by atoms with Gasteiger partial charge in [0.25, 0.3) is 5.69 Å². The predicted octanol–water partition coefficient (Wildman–Crippen LogP) is 3.57. The Balaban J connectivity index is 2.12. The van der Waals surface area contributed by atoms with Gasteiger partial charge in [-0.05, 0) is 18.5 Å². The fraction of sp³-hybridized carbons (Fsp3) is 0.500. The minimum atomic E-state index is -1.09. The molecule has 0 aliphatic carbocycles. The maximum atomic E-state index is 10.8. The molecule has 114 valence electrons. The summed E-state index contributed by atoms with van der Waals surface area (Å²) in [5, 5.41) is 11.6. The van der Waals surface area contributed by atoms with E-state index in [1.54, 1.807) is 6.07 Å². The normalized spacial score (nSPS) is 12.0. The van der Waals surface area contributed by atoms with Gasteiger partial charge in [-0.1, -0.05) is 19.6 Å². The molecule has 0 aliphatic heterocycles. The average Bonchev–Trinajstić information content (AvgIpc) is 2.70. The molecule has 0 unspecified atom stereocenters. The van der Waals surface area contributed by atoms with Gasteiger partial charge in [-0.25, -0.2) is 4.98 Å². The molecule has 2 aromatic rings. The van der Waals surface area contributed by atoms with Crippen LogP contribution in [0.3, 0.4) is 0 Å². The zero-order valence-corrected chi connectivity index (χ0v) is 13.9. The van der Waals surface area contributed by atoms with Crippen molar-refractivity contribution in [2.45, 2.75) is 39.3 Å². The van der Waals surface area contributed by atoms with E-state index < -0.39 is 13.0 Å². The summed E-state index contributed by atoms with van der Waals surface area (Å²) >= 11 is 0. The SMILES string of the molecule is Cc1cn(COCC[Si](C)(C)C)c2ncc([N+](=O)[O-])cc12. The van der Waals surface area contributed by atoms with Gasteiger partial charge in [-0.3, -0.25) is 10.1 Å². The van der Waals surface area contributed by atoms with Crippen molar-refractivity contribution in [3.8, 4) is 0 Å². The molecule has 2 heterocycles. The number of aryl methyl sites for hydroxylation is 1. The number of hydrogen-bond donors (Lipinski definition) is 0. The van der Waals surface area contributed by atoms with Gasteiger partial charge in [-0.2, -0.15) is 0 Å². The lowest BCUT2D eigenvalue weighted by molar-refractivity contribution is -0.385. The number of fused-ring (bicyclic) bond motifs is 1. The summed E-state index contributed by atoms with van der Waals surface area (Å²) in [6, 6.07) is 2.68. The third kappa shape index (κ3) is 3.89. The van der Waals surface area contributed by atoms with Crippen LogP contribution in [-0.2, 0) is 11.5 Å². The van der Waals surface area contributed by atoms with Gasteiger partial charge in [0, 0.05) is 32.3 Å². The highest BCUT2D eigenvalue weighted by Crippen LogP contribution is 2.23. The monoisotopic (exact) mass is 307 g/mol. The fourth-order valence-corrected chi connectivity index (χ4v) is 2.83. The van der Waals surface area contributed by atoms with E-state index in [2.05, 4.69) is 24.6 Å². The Hall–Kier alpha value is -1.73. The molecule has 0 aromatic carbocycles. The van der Waals surface area contributed by atoms with E-state index in [0.717, 1.165) is 29.2 Å². The lowest BCUT2D eigenvalue weighted by Crippen LogP contribution is -2.22. The first-order chi connectivity index (χ1) is 9.78. The van der Waals surface area contributed by atoms with Crippen LogP contribution in [0.2, 0.25) is 25.7 Å². The van der Waals surface area contributed by atoms with Crippen molar-refractivity contribution < 1.29 is 9.66 Å². The van der Waals surface area contributed by atoms with Crippen LogP contribution in [0.4, 0.5) is 5.69 Å². The lowest BCUT2D eigenvalue weighted by Gasteiger charge is -2.15. The van der Waals surface area contributed by atoms with Crippen molar-refractivity contribution in [1.29, 1.82) is 0 Å². The Bertz CT molecular complexity index is 661. The van der Waals surface area contributed by atoms with Gasteiger partial charge in [0.15, 0.2) is 0 Å². The third-order valence-corrected chi connectivity index (χ3v) is 5.04. The predicted molar refractivity (Wildman–Crippen MR) is 85.2 cm³/mol. The second kappa shape index (κ2) is 5.95. The highest BCUT2D eigenvalue weighted by molar-refractivity contribution is 6.76. The van der Waals surface area contributed by atoms with Crippen LogP contribution in [0, 0.1) is 17.0 Å². The zero-order chi connectivity index (χ0) is 15.6. The van der Waals surface area contributed by atoms with Crippen LogP contribution in [0.25, 0.3) is 11.0 Å². The quantitative estimate of drug-likeness (QED) is 0.354. The molecule has 0 spiro atoms. The maximum absolute atomic E-state index is 10.8. The highest BCUT2D eigenvalue weighted by atomic mass is 28.3. The Labute approximate surface area is 124 Å². The van der Waals surface area contributed by atoms with Crippen LogP contribution < -0.4 is 0 Å². The fourth-order valence-electron chi connectivity index (χ4n) is 2.07. The van der Waals surface area contributed by atoms with Crippen molar-refractivity contribution in [1.82, 2.24) is 9.55 Å². The first-order valence-electron chi connectivity index (χ1n) is 6.95. The van der Waals surface area contributed by atoms with Gasteiger partial charge < -0.3 is 9.30 Å². The molecule has 0 N–H and O–H groups in total. The molecule has 0 fully saturated rings. The van der Waals surface area contributed by atoms with E-state index in [4.69, 9.17) is 4.74 Å². The van der Waals surface area contributed by atoms with Gasteiger partial charge in [0.2, 0.25) is 0 Å². The van der Waals surface area contributed by atoms with Crippen molar-refractivity contribution in [2.24, 2.45) is 0 Å². The topological polar surface area (TPSA) is 70.2 Å². The first-order valence-corrected chi connectivity index (χ1v) is 10.7. The van der Waals surface area contributed by atoms with Crippen molar-refractivity contribution in [3.63, 3.8) is 0 Å². The standard InChI is InChI=1S/C14H21N3O3Si/c1-11-9-16(10-20-5-6-21(2,3)4)14-13(11)7-12(8-15-14)17(18)19/h7-9H,5-6,10H2,1-4H3. The average molecular weight is 307 g/mol. The number of pyridine rings is 1. The molecule has 0 atom stereocenters. The molecule has 0 saturated carbocycles. The molecule has 2 rings (SSSR count). The van der Waals surface area contributed by atoms with Gasteiger partial charge in [0.05, 0.1) is 4.92 Å². The summed E-state index contributed by atoms with van der Waals surface area (Å²) in [5.41, 5.74) is 1.71. The first kappa shape index (κ1) is 15.7. The van der Waals surface area contributed by atoms with Crippen molar-refractivity contribution >= 4 is 24.8 Å². The lowest BCUT2D eigenvalue weighted by atomic mass is 10.2. The molecule has 21 heavy (non-hydrogen) atoms. The van der Waals surface area contributed by atoms with Crippen LogP contribution in [0.1, 0.15) is 5.56 Å². The molecule has 0 saturated heterocycles. The molecule has 0 bridgehead atoms. The summed E-state index contributed by atoms with van der Waals surface area (Å²) in [6.07, 6.45) is 3.22. The largest absolute Gasteiger partial charge is 0.361 e. The zero-order valence-electron chi connectivity index (χ0n) is 12.9. The summed E-state index contributed by atoms with van der Waals surface area (Å²) in [4.78, 5) is 14.6. The third-order valence-electron chi connectivity index (χ3n) is 3.34. The molecule has 0 amide bonds.